The van der Waals surface area contributed by atoms with E-state index < -0.39 is 0 Å². The maximum atomic E-state index is 5.46. The third kappa shape index (κ3) is 5.88. The smallest absolute Gasteiger partial charge is 0.229 e. The van der Waals surface area contributed by atoms with Crippen molar-refractivity contribution in [3.63, 3.8) is 0 Å². The van der Waals surface area contributed by atoms with Crippen LogP contribution < -0.4 is 20.4 Å². The van der Waals surface area contributed by atoms with E-state index in [0.29, 0.717) is 5.95 Å². The fourth-order valence-electron chi connectivity index (χ4n) is 4.77. The molecule has 3 heterocycles. The molecule has 2 saturated heterocycles. The van der Waals surface area contributed by atoms with Gasteiger partial charge in [-0.1, -0.05) is 24.3 Å². The van der Waals surface area contributed by atoms with Gasteiger partial charge in [0.15, 0.2) is 0 Å². The van der Waals surface area contributed by atoms with Crippen LogP contribution in [0, 0.1) is 0 Å². The number of ether oxygens (including phenoxy) is 2. The maximum absolute atomic E-state index is 5.46. The molecule has 0 atom stereocenters. The molecule has 6 rings (SSSR count). The lowest BCUT2D eigenvalue weighted by atomic mass is 10.0. The van der Waals surface area contributed by atoms with E-state index in [1.807, 2.05) is 6.07 Å². The second kappa shape index (κ2) is 11.5. The van der Waals surface area contributed by atoms with Crippen LogP contribution in [0.5, 0.6) is 0 Å². The van der Waals surface area contributed by atoms with E-state index in [4.69, 9.17) is 9.47 Å². The molecule has 3 aromatic carbocycles. The van der Waals surface area contributed by atoms with Gasteiger partial charge in [-0.3, -0.25) is 0 Å². The Bertz CT molecular complexity index is 1320. The Kier molecular flexibility index (Phi) is 7.33. The number of hydrogen-bond donors (Lipinski definition) is 2. The Hall–Kier alpha value is -4.14. The molecule has 0 radical (unpaired) electrons. The fraction of sp³-hybridized carbons (Fsp3) is 0.267. The van der Waals surface area contributed by atoms with Crippen molar-refractivity contribution in [3.05, 3.63) is 85.1 Å². The molecular weight excluding hydrogens is 476 g/mol. The van der Waals surface area contributed by atoms with Crippen molar-refractivity contribution in [1.29, 1.82) is 0 Å². The Morgan fingerprint density at radius 3 is 1.61 bits per heavy atom. The van der Waals surface area contributed by atoms with Crippen molar-refractivity contribution in [1.82, 2.24) is 9.97 Å². The van der Waals surface area contributed by atoms with Crippen LogP contribution in [0.1, 0.15) is 0 Å². The minimum atomic E-state index is 0.547. The highest BCUT2D eigenvalue weighted by molar-refractivity contribution is 5.70. The van der Waals surface area contributed by atoms with Crippen LogP contribution >= 0.6 is 0 Å². The van der Waals surface area contributed by atoms with Crippen LogP contribution in [-0.4, -0.2) is 62.6 Å². The van der Waals surface area contributed by atoms with Crippen molar-refractivity contribution in [2.45, 2.75) is 0 Å². The SMILES string of the molecule is c1cc(Nc2ccc(-c3ccc(N4CCOCC4)cc3)cc2)nc(Nc2ccc(N3CCOCC3)cc2)n1. The van der Waals surface area contributed by atoms with Crippen LogP contribution in [0.15, 0.2) is 85.1 Å². The highest BCUT2D eigenvalue weighted by Crippen LogP contribution is 2.26. The van der Waals surface area contributed by atoms with Gasteiger partial charge in [-0.2, -0.15) is 4.98 Å². The summed E-state index contributed by atoms with van der Waals surface area (Å²) in [7, 11) is 0. The first kappa shape index (κ1) is 24.2. The van der Waals surface area contributed by atoms with Gasteiger partial charge in [0.25, 0.3) is 0 Å². The largest absolute Gasteiger partial charge is 0.378 e. The summed E-state index contributed by atoms with van der Waals surface area (Å²) < 4.78 is 10.9. The molecule has 2 aliphatic rings. The van der Waals surface area contributed by atoms with Crippen molar-refractivity contribution in [2.75, 3.05) is 73.0 Å². The highest BCUT2D eigenvalue weighted by atomic mass is 16.5. The number of benzene rings is 3. The van der Waals surface area contributed by atoms with Crippen LogP contribution in [0.25, 0.3) is 11.1 Å². The van der Waals surface area contributed by atoms with Gasteiger partial charge in [0, 0.05) is 55.1 Å². The molecule has 2 aliphatic heterocycles. The van der Waals surface area contributed by atoms with Crippen molar-refractivity contribution < 1.29 is 9.47 Å². The normalized spacial score (nSPS) is 15.8. The Labute approximate surface area is 223 Å². The van der Waals surface area contributed by atoms with Gasteiger partial charge in [-0.25, -0.2) is 4.98 Å². The van der Waals surface area contributed by atoms with Gasteiger partial charge in [0.05, 0.1) is 26.4 Å². The second-order valence-electron chi connectivity index (χ2n) is 9.39. The molecule has 194 valence electrons. The summed E-state index contributed by atoms with van der Waals surface area (Å²) in [5.41, 5.74) is 6.74. The first-order valence-corrected chi connectivity index (χ1v) is 13.1. The van der Waals surface area contributed by atoms with Gasteiger partial charge < -0.3 is 29.9 Å². The van der Waals surface area contributed by atoms with Crippen molar-refractivity contribution in [3.8, 4) is 11.1 Å². The molecule has 2 fully saturated rings. The van der Waals surface area contributed by atoms with Gasteiger partial charge in [-0.05, 0) is 65.7 Å². The molecular formula is C30H32N6O2. The minimum absolute atomic E-state index is 0.547. The zero-order chi connectivity index (χ0) is 25.6. The van der Waals surface area contributed by atoms with Crippen LogP contribution in [0.2, 0.25) is 0 Å². The van der Waals surface area contributed by atoms with Crippen LogP contribution in [0.4, 0.5) is 34.5 Å². The number of anilines is 6. The van der Waals surface area contributed by atoms with Gasteiger partial charge >= 0.3 is 0 Å². The summed E-state index contributed by atoms with van der Waals surface area (Å²) >= 11 is 0. The van der Waals surface area contributed by atoms with Gasteiger partial charge in [0.1, 0.15) is 5.82 Å². The van der Waals surface area contributed by atoms with Crippen LogP contribution in [0.3, 0.4) is 0 Å². The summed E-state index contributed by atoms with van der Waals surface area (Å²) in [6, 6.07) is 27.4. The second-order valence-corrected chi connectivity index (χ2v) is 9.39. The molecule has 0 aliphatic carbocycles. The monoisotopic (exact) mass is 508 g/mol. The molecule has 0 saturated carbocycles. The average Bonchev–Trinajstić information content (AvgIpc) is 2.99. The summed E-state index contributed by atoms with van der Waals surface area (Å²) in [5.74, 6) is 1.28. The molecule has 8 nitrogen and oxygen atoms in total. The van der Waals surface area contributed by atoms with E-state index in [1.165, 1.54) is 22.5 Å². The fourth-order valence-corrected chi connectivity index (χ4v) is 4.77. The zero-order valence-corrected chi connectivity index (χ0v) is 21.3. The lowest BCUT2D eigenvalue weighted by molar-refractivity contribution is 0.122. The molecule has 2 N–H and O–H groups in total. The quantitative estimate of drug-likeness (QED) is 0.348. The standard InChI is InChI=1S/C30H32N6O2/c1-5-25(6-2-23(1)24-3-9-27(10-4-24)35-15-19-37-20-16-35)32-29-13-14-31-30(34-29)33-26-7-11-28(12-8-26)36-17-21-38-22-18-36/h1-14H,15-22H2,(H2,31,32,33,34). The molecule has 38 heavy (non-hydrogen) atoms. The van der Waals surface area contributed by atoms with E-state index in [0.717, 1.165) is 69.8 Å². The van der Waals surface area contributed by atoms with E-state index in [2.05, 4.69) is 103 Å². The average molecular weight is 509 g/mol. The van der Waals surface area contributed by atoms with Gasteiger partial charge in [0.2, 0.25) is 5.95 Å². The molecule has 4 aromatic rings. The number of aromatic nitrogens is 2. The predicted molar refractivity (Wildman–Crippen MR) is 153 cm³/mol. The number of nitrogens with zero attached hydrogens (tertiary/aromatic N) is 4. The maximum Gasteiger partial charge on any atom is 0.229 e. The topological polar surface area (TPSA) is 74.8 Å². The van der Waals surface area contributed by atoms with Crippen molar-refractivity contribution in [2.24, 2.45) is 0 Å². The number of hydrogen-bond acceptors (Lipinski definition) is 8. The third-order valence-electron chi connectivity index (χ3n) is 6.89. The summed E-state index contributed by atoms with van der Waals surface area (Å²) in [4.78, 5) is 13.7. The first-order valence-electron chi connectivity index (χ1n) is 13.1. The highest BCUT2D eigenvalue weighted by Gasteiger charge is 2.12. The Morgan fingerprint density at radius 1 is 0.553 bits per heavy atom. The molecule has 0 spiro atoms. The molecule has 1 aromatic heterocycles. The lowest BCUT2D eigenvalue weighted by Crippen LogP contribution is -2.36. The Morgan fingerprint density at radius 2 is 1.03 bits per heavy atom. The predicted octanol–water partition coefficient (Wildman–Crippen LogP) is 5.30. The van der Waals surface area contributed by atoms with Crippen molar-refractivity contribution >= 4 is 34.5 Å². The molecule has 8 heteroatoms. The third-order valence-corrected chi connectivity index (χ3v) is 6.89. The summed E-state index contributed by atoms with van der Waals surface area (Å²) in [5, 5.41) is 6.69. The van der Waals surface area contributed by atoms with Gasteiger partial charge in [-0.15, -0.1) is 0 Å². The molecule has 0 amide bonds. The van der Waals surface area contributed by atoms with E-state index in [-0.39, 0.29) is 0 Å². The summed E-state index contributed by atoms with van der Waals surface area (Å²) in [6.07, 6.45) is 1.75. The minimum Gasteiger partial charge on any atom is -0.378 e. The number of rotatable bonds is 7. The van der Waals surface area contributed by atoms with E-state index >= 15 is 0 Å². The number of nitrogens with one attached hydrogen (secondary N) is 2. The molecule has 0 bridgehead atoms. The Balaban J connectivity index is 1.07. The first-order chi connectivity index (χ1) is 18.8. The van der Waals surface area contributed by atoms with E-state index in [9.17, 15) is 0 Å². The lowest BCUT2D eigenvalue weighted by Gasteiger charge is -2.28. The summed E-state index contributed by atoms with van der Waals surface area (Å²) in [6.45, 7) is 6.88. The zero-order valence-electron chi connectivity index (χ0n) is 21.3. The van der Waals surface area contributed by atoms with E-state index in [1.54, 1.807) is 6.20 Å². The number of morpholine rings is 2. The van der Waals surface area contributed by atoms with Crippen LogP contribution in [-0.2, 0) is 9.47 Å². The molecule has 0 unspecified atom stereocenters.